The Kier molecular flexibility index (Phi) is 3.92. The van der Waals surface area contributed by atoms with Crippen LogP contribution in [0.4, 0.5) is 0 Å². The van der Waals surface area contributed by atoms with E-state index in [2.05, 4.69) is 11.4 Å². The molecule has 2 aliphatic rings. The maximum atomic E-state index is 12.1. The standard InChI is InChI=1S/C16H20N2O3/c1-18-15(19)7-6-13(16(18)20)17-10-11-8-9-21-14-5-3-2-4-12(11)14/h2-5,11,13,17H,6-10H2,1H3. The van der Waals surface area contributed by atoms with E-state index in [1.807, 2.05) is 18.2 Å². The van der Waals surface area contributed by atoms with Gasteiger partial charge < -0.3 is 10.1 Å². The Hall–Kier alpha value is -1.88. The van der Waals surface area contributed by atoms with E-state index in [1.54, 1.807) is 7.05 Å². The van der Waals surface area contributed by atoms with Crippen LogP contribution >= 0.6 is 0 Å². The third-order valence-corrected chi connectivity index (χ3v) is 4.34. The number of amides is 2. The average molecular weight is 288 g/mol. The lowest BCUT2D eigenvalue weighted by Crippen LogP contribution is -2.52. The van der Waals surface area contributed by atoms with E-state index < -0.39 is 0 Å². The second-order valence-electron chi connectivity index (χ2n) is 5.66. The molecule has 2 heterocycles. The van der Waals surface area contributed by atoms with Crippen molar-refractivity contribution in [3.8, 4) is 5.75 Å². The number of likely N-dealkylation sites (tertiary alicyclic amines) is 1. The lowest BCUT2D eigenvalue weighted by Gasteiger charge is -2.31. The predicted molar refractivity (Wildman–Crippen MR) is 78.1 cm³/mol. The molecule has 2 aliphatic heterocycles. The number of para-hydroxylation sites is 1. The van der Waals surface area contributed by atoms with Crippen molar-refractivity contribution in [1.29, 1.82) is 0 Å². The summed E-state index contributed by atoms with van der Waals surface area (Å²) in [5.41, 5.74) is 1.20. The molecule has 0 aromatic heterocycles. The van der Waals surface area contributed by atoms with E-state index in [-0.39, 0.29) is 17.9 Å². The number of ether oxygens (including phenoxy) is 1. The number of benzene rings is 1. The van der Waals surface area contributed by atoms with Crippen molar-refractivity contribution in [1.82, 2.24) is 10.2 Å². The van der Waals surface area contributed by atoms with Gasteiger partial charge in [0.2, 0.25) is 11.8 Å². The smallest absolute Gasteiger partial charge is 0.246 e. The van der Waals surface area contributed by atoms with Crippen molar-refractivity contribution < 1.29 is 14.3 Å². The molecule has 3 rings (SSSR count). The normalized spacial score (nSPS) is 25.5. The summed E-state index contributed by atoms with van der Waals surface area (Å²) in [5.74, 6) is 1.09. The summed E-state index contributed by atoms with van der Waals surface area (Å²) < 4.78 is 5.65. The molecule has 1 N–H and O–H groups in total. The predicted octanol–water partition coefficient (Wildman–Crippen LogP) is 1.29. The van der Waals surface area contributed by atoms with E-state index in [0.717, 1.165) is 18.7 Å². The van der Waals surface area contributed by atoms with Crippen LogP contribution in [-0.2, 0) is 9.59 Å². The Labute approximate surface area is 124 Å². The largest absolute Gasteiger partial charge is 0.493 e. The fourth-order valence-electron chi connectivity index (χ4n) is 3.02. The minimum atomic E-state index is -0.247. The number of fused-ring (bicyclic) bond motifs is 1. The van der Waals surface area contributed by atoms with Gasteiger partial charge in [-0.25, -0.2) is 0 Å². The average Bonchev–Trinajstić information content (AvgIpc) is 2.52. The fourth-order valence-corrected chi connectivity index (χ4v) is 3.02. The molecule has 1 saturated heterocycles. The number of piperidine rings is 1. The van der Waals surface area contributed by atoms with E-state index in [0.29, 0.717) is 25.4 Å². The molecule has 0 bridgehead atoms. The fraction of sp³-hybridized carbons (Fsp3) is 0.500. The van der Waals surface area contributed by atoms with Gasteiger partial charge in [0, 0.05) is 25.9 Å². The zero-order chi connectivity index (χ0) is 14.8. The van der Waals surface area contributed by atoms with Crippen molar-refractivity contribution in [2.75, 3.05) is 20.2 Å². The molecular formula is C16H20N2O3. The van der Waals surface area contributed by atoms with Gasteiger partial charge >= 0.3 is 0 Å². The van der Waals surface area contributed by atoms with Crippen molar-refractivity contribution in [3.63, 3.8) is 0 Å². The summed E-state index contributed by atoms with van der Waals surface area (Å²) in [6.45, 7) is 1.44. The first-order chi connectivity index (χ1) is 10.2. The van der Waals surface area contributed by atoms with Gasteiger partial charge in [-0.2, -0.15) is 0 Å². The third kappa shape index (κ3) is 2.78. The number of imide groups is 1. The topological polar surface area (TPSA) is 58.6 Å². The number of rotatable bonds is 3. The molecule has 1 aromatic carbocycles. The van der Waals surface area contributed by atoms with Crippen LogP contribution in [-0.4, -0.2) is 43.0 Å². The van der Waals surface area contributed by atoms with Gasteiger partial charge in [-0.1, -0.05) is 18.2 Å². The van der Waals surface area contributed by atoms with Crippen LogP contribution in [0.25, 0.3) is 0 Å². The molecule has 0 saturated carbocycles. The zero-order valence-electron chi connectivity index (χ0n) is 12.2. The zero-order valence-corrected chi connectivity index (χ0v) is 12.2. The molecular weight excluding hydrogens is 268 g/mol. The second-order valence-corrected chi connectivity index (χ2v) is 5.66. The molecule has 0 spiro atoms. The Bertz CT molecular complexity index is 558. The minimum absolute atomic E-state index is 0.0885. The summed E-state index contributed by atoms with van der Waals surface area (Å²) in [4.78, 5) is 24.8. The maximum absolute atomic E-state index is 12.1. The highest BCUT2D eigenvalue weighted by molar-refractivity contribution is 6.00. The lowest BCUT2D eigenvalue weighted by molar-refractivity contribution is -0.148. The Balaban J connectivity index is 1.64. The maximum Gasteiger partial charge on any atom is 0.246 e. The van der Waals surface area contributed by atoms with Gasteiger partial charge in [-0.3, -0.25) is 14.5 Å². The Morgan fingerprint density at radius 2 is 2.10 bits per heavy atom. The van der Waals surface area contributed by atoms with E-state index in [1.165, 1.54) is 10.5 Å². The van der Waals surface area contributed by atoms with E-state index in [9.17, 15) is 9.59 Å². The van der Waals surface area contributed by atoms with E-state index in [4.69, 9.17) is 4.74 Å². The number of nitrogens with one attached hydrogen (secondary N) is 1. The molecule has 1 aromatic rings. The van der Waals surface area contributed by atoms with Gasteiger partial charge in [0.15, 0.2) is 0 Å². The highest BCUT2D eigenvalue weighted by Gasteiger charge is 2.32. The molecule has 0 radical (unpaired) electrons. The number of hydrogen-bond donors (Lipinski definition) is 1. The molecule has 5 heteroatoms. The highest BCUT2D eigenvalue weighted by Crippen LogP contribution is 2.32. The van der Waals surface area contributed by atoms with Gasteiger partial charge in [0.1, 0.15) is 5.75 Å². The summed E-state index contributed by atoms with van der Waals surface area (Å²) in [5, 5.41) is 3.33. The molecule has 2 atom stereocenters. The number of hydrogen-bond acceptors (Lipinski definition) is 4. The van der Waals surface area contributed by atoms with Crippen molar-refractivity contribution in [2.45, 2.75) is 31.2 Å². The quantitative estimate of drug-likeness (QED) is 0.852. The third-order valence-electron chi connectivity index (χ3n) is 4.34. The molecule has 2 unspecified atom stereocenters. The van der Waals surface area contributed by atoms with Gasteiger partial charge in [0.05, 0.1) is 12.6 Å². The molecule has 112 valence electrons. The van der Waals surface area contributed by atoms with Crippen molar-refractivity contribution in [2.24, 2.45) is 0 Å². The van der Waals surface area contributed by atoms with Crippen LogP contribution in [0.15, 0.2) is 24.3 Å². The molecule has 1 fully saturated rings. The first kappa shape index (κ1) is 14.1. The summed E-state index contributed by atoms with van der Waals surface area (Å²) in [7, 11) is 1.56. The van der Waals surface area contributed by atoms with Crippen LogP contribution in [0.5, 0.6) is 5.75 Å². The Morgan fingerprint density at radius 1 is 1.29 bits per heavy atom. The number of likely N-dealkylation sites (N-methyl/N-ethyl adjacent to an activating group) is 1. The van der Waals surface area contributed by atoms with Gasteiger partial charge in [-0.15, -0.1) is 0 Å². The van der Waals surface area contributed by atoms with Crippen molar-refractivity contribution >= 4 is 11.8 Å². The SMILES string of the molecule is CN1C(=O)CCC(NCC2CCOc3ccccc32)C1=O. The van der Waals surface area contributed by atoms with Gasteiger partial charge in [-0.05, 0) is 24.5 Å². The first-order valence-corrected chi connectivity index (χ1v) is 7.42. The van der Waals surface area contributed by atoms with Crippen LogP contribution in [0.2, 0.25) is 0 Å². The monoisotopic (exact) mass is 288 g/mol. The number of carbonyl (C=O) groups excluding carboxylic acids is 2. The Morgan fingerprint density at radius 3 is 2.95 bits per heavy atom. The van der Waals surface area contributed by atoms with Crippen molar-refractivity contribution in [3.05, 3.63) is 29.8 Å². The van der Waals surface area contributed by atoms with Crippen LogP contribution in [0.3, 0.4) is 0 Å². The minimum Gasteiger partial charge on any atom is -0.493 e. The molecule has 2 amide bonds. The number of nitrogens with zero attached hydrogens (tertiary/aromatic N) is 1. The molecule has 21 heavy (non-hydrogen) atoms. The summed E-state index contributed by atoms with van der Waals surface area (Å²) >= 11 is 0. The summed E-state index contributed by atoms with van der Waals surface area (Å²) in [6, 6.07) is 7.81. The lowest BCUT2D eigenvalue weighted by atomic mass is 9.92. The molecule has 5 nitrogen and oxygen atoms in total. The number of carbonyl (C=O) groups is 2. The van der Waals surface area contributed by atoms with Gasteiger partial charge in [0.25, 0.3) is 0 Å². The second kappa shape index (κ2) is 5.85. The van der Waals surface area contributed by atoms with Crippen LogP contribution in [0, 0.1) is 0 Å². The highest BCUT2D eigenvalue weighted by atomic mass is 16.5. The van der Waals surface area contributed by atoms with Crippen LogP contribution < -0.4 is 10.1 Å². The van der Waals surface area contributed by atoms with E-state index >= 15 is 0 Å². The van der Waals surface area contributed by atoms with Crippen LogP contribution in [0.1, 0.15) is 30.7 Å². The summed E-state index contributed by atoms with van der Waals surface area (Å²) in [6.07, 6.45) is 1.97. The molecule has 0 aliphatic carbocycles. The first-order valence-electron chi connectivity index (χ1n) is 7.42.